The lowest BCUT2D eigenvalue weighted by Gasteiger charge is -2.64. The van der Waals surface area contributed by atoms with Crippen molar-refractivity contribution in [2.45, 2.75) is 333 Å². The number of fused-ring (bicyclic) bond motifs is 5. The van der Waals surface area contributed by atoms with Gasteiger partial charge in [-0.3, -0.25) is 4.79 Å². The second-order valence-corrected chi connectivity index (χ2v) is 26.3. The third-order valence-electron chi connectivity index (χ3n) is 21.1. The maximum Gasteiger partial charge on any atom is 0.331 e. The Hall–Kier alpha value is -1.72. The molecule has 7 fully saturated rings. The van der Waals surface area contributed by atoms with Crippen LogP contribution < -0.4 is 0 Å². The van der Waals surface area contributed by atoms with Gasteiger partial charge in [0.1, 0.15) is 18.8 Å². The molecule has 14 nitrogen and oxygen atoms in total. The zero-order valence-corrected chi connectivity index (χ0v) is 48.6. The third kappa shape index (κ3) is 15.1. The van der Waals surface area contributed by atoms with Gasteiger partial charge in [-0.2, -0.15) is 0 Å². The number of rotatable bonds is 28. The Morgan fingerprint density at radius 1 is 0.584 bits per heavy atom. The van der Waals surface area contributed by atoms with Gasteiger partial charge >= 0.3 is 11.9 Å². The molecule has 0 aromatic heterocycles. The van der Waals surface area contributed by atoms with Crippen LogP contribution in [0.2, 0.25) is 0 Å². The first-order chi connectivity index (χ1) is 37.0. The first kappa shape index (κ1) is 61.4. The number of cyclic esters (lactones) is 1. The van der Waals surface area contributed by atoms with Crippen LogP contribution in [0.4, 0.5) is 0 Å². The van der Waals surface area contributed by atoms with E-state index in [1.165, 1.54) is 103 Å². The topological polar surface area (TPSA) is 189 Å². The maximum absolute atomic E-state index is 12.8. The summed E-state index contributed by atoms with van der Waals surface area (Å²) in [5, 5.41) is 46.6. The molecule has 0 aromatic carbocycles. The summed E-state index contributed by atoms with van der Waals surface area (Å²) < 4.78 is 49.0. The first-order valence-corrected chi connectivity index (χ1v) is 31.8. The predicted octanol–water partition coefficient (Wildman–Crippen LogP) is 11.6. The van der Waals surface area contributed by atoms with Gasteiger partial charge in [-0.05, 0) is 120 Å². The smallest absolute Gasteiger partial charge is 0.331 e. The van der Waals surface area contributed by atoms with E-state index in [1.54, 1.807) is 19.9 Å². The molecule has 4 aliphatic carbocycles. The molecule has 8 rings (SSSR count). The number of esters is 2. The van der Waals surface area contributed by atoms with E-state index in [2.05, 4.69) is 20.8 Å². The van der Waals surface area contributed by atoms with Crippen LogP contribution in [0, 0.1) is 34.5 Å². The predicted molar refractivity (Wildman–Crippen MR) is 293 cm³/mol. The minimum Gasteiger partial charge on any atom is -0.458 e. The highest BCUT2D eigenvalue weighted by molar-refractivity contribution is 5.85. The normalized spacial score (nSPS) is 42.0. The molecule has 442 valence electrons. The van der Waals surface area contributed by atoms with E-state index in [9.17, 15) is 30.0 Å². The van der Waals surface area contributed by atoms with Crippen molar-refractivity contribution in [1.29, 1.82) is 0 Å². The molecule has 4 N–H and O–H groups in total. The molecule has 4 saturated carbocycles. The van der Waals surface area contributed by atoms with E-state index in [-0.39, 0.29) is 60.0 Å². The van der Waals surface area contributed by atoms with Crippen molar-refractivity contribution in [3.63, 3.8) is 0 Å². The van der Waals surface area contributed by atoms with Crippen LogP contribution in [0.5, 0.6) is 0 Å². The highest BCUT2D eigenvalue weighted by Gasteiger charge is 2.68. The van der Waals surface area contributed by atoms with Gasteiger partial charge < -0.3 is 58.3 Å². The number of aliphatic hydroxyl groups is 4. The minimum atomic E-state index is -0.984. The van der Waals surface area contributed by atoms with E-state index >= 15 is 0 Å². The largest absolute Gasteiger partial charge is 0.458 e. The zero-order valence-electron chi connectivity index (χ0n) is 48.6. The molecule has 4 heterocycles. The molecule has 0 aromatic rings. The van der Waals surface area contributed by atoms with Crippen LogP contribution in [-0.2, 0) is 47.5 Å². The minimum absolute atomic E-state index is 0.0111. The summed E-state index contributed by atoms with van der Waals surface area (Å²) in [4.78, 5) is 24.8. The number of unbranched alkanes of at least 4 members (excludes halogenated alkanes) is 18. The van der Waals surface area contributed by atoms with Crippen molar-refractivity contribution in [3.8, 4) is 0 Å². The summed E-state index contributed by atoms with van der Waals surface area (Å²) >= 11 is 0. The van der Waals surface area contributed by atoms with Gasteiger partial charge in [0.2, 0.25) is 0 Å². The summed E-state index contributed by atoms with van der Waals surface area (Å²) in [5.41, 5.74) is 0.182. The van der Waals surface area contributed by atoms with E-state index in [0.29, 0.717) is 24.9 Å². The van der Waals surface area contributed by atoms with Crippen LogP contribution in [0.1, 0.15) is 247 Å². The number of ether oxygens (including phenoxy) is 8. The quantitative estimate of drug-likeness (QED) is 0.0329. The summed E-state index contributed by atoms with van der Waals surface area (Å²) in [6.45, 7) is 12.8. The molecule has 0 amide bonds. The zero-order chi connectivity index (χ0) is 54.7. The Balaban J connectivity index is 0.675. The van der Waals surface area contributed by atoms with Gasteiger partial charge in [0.25, 0.3) is 0 Å². The van der Waals surface area contributed by atoms with Crippen LogP contribution in [0.25, 0.3) is 0 Å². The number of hydrogen-bond donors (Lipinski definition) is 4. The van der Waals surface area contributed by atoms with Crippen LogP contribution in [0.3, 0.4) is 0 Å². The average Bonchev–Trinajstić information content (AvgIpc) is 4.09. The third-order valence-corrected chi connectivity index (χ3v) is 21.1. The second kappa shape index (κ2) is 28.5. The fourth-order valence-corrected chi connectivity index (χ4v) is 16.5. The lowest BCUT2D eigenvalue weighted by molar-refractivity contribution is -0.336. The molecular weight excluding hydrogens is 981 g/mol. The number of hydrogen-bond acceptors (Lipinski definition) is 14. The van der Waals surface area contributed by atoms with Gasteiger partial charge in [-0.1, -0.05) is 136 Å². The lowest BCUT2D eigenvalue weighted by Crippen LogP contribution is -2.62. The highest BCUT2D eigenvalue weighted by atomic mass is 16.7. The molecule has 4 aliphatic heterocycles. The highest BCUT2D eigenvalue weighted by Crippen LogP contribution is 2.70. The second-order valence-electron chi connectivity index (χ2n) is 26.3. The van der Waals surface area contributed by atoms with Crippen molar-refractivity contribution in [3.05, 3.63) is 11.6 Å². The lowest BCUT2D eigenvalue weighted by atomic mass is 9.43. The summed E-state index contributed by atoms with van der Waals surface area (Å²) in [6.07, 6.45) is 26.7. The number of aliphatic hydroxyl groups excluding tert-OH is 3. The van der Waals surface area contributed by atoms with Gasteiger partial charge in [0.05, 0.1) is 48.3 Å². The van der Waals surface area contributed by atoms with Gasteiger partial charge in [0, 0.05) is 37.2 Å². The number of carbonyl (C=O) groups is 2. The molecule has 8 aliphatic rings. The molecule has 20 atom stereocenters. The number of carbonyl (C=O) groups excluding carboxylic acids is 2. The summed E-state index contributed by atoms with van der Waals surface area (Å²) in [5.74, 6) is 0.772. The van der Waals surface area contributed by atoms with Crippen molar-refractivity contribution in [2.24, 2.45) is 34.5 Å². The van der Waals surface area contributed by atoms with E-state index in [4.69, 9.17) is 37.9 Å². The van der Waals surface area contributed by atoms with Gasteiger partial charge in [-0.25, -0.2) is 4.79 Å². The van der Waals surface area contributed by atoms with Crippen LogP contribution >= 0.6 is 0 Å². The van der Waals surface area contributed by atoms with E-state index in [1.807, 2.05) is 6.92 Å². The standard InChI is InChI=1S/C63H106O14/c1-7-8-9-10-11-12-13-14-15-16-17-18-19-20-21-22-23-24-25-26-53(67)75-58-41(2)72-56(38-50(58)64)76-60-43(4)73-57(39-52(60)66)77-59-42(3)71-55(37-51(59)65)74-46-29-32-61(5)45(36-46)27-28-49-48(61)30-33-62(6)47(31-34-63(49,62)69)44-35-54(68)70-40-44/h35,41-43,45-52,55-60,64-66,69H,7-34,36-40H2,1-6H3/t41-,42-,43-,45-,46+,47-,48+,49-,50+,51+,52+,55+,56+,57+,58-,59-,60-,61+,62-,63+/m1/s1. The molecule has 0 radical (unpaired) electrons. The Morgan fingerprint density at radius 2 is 1.08 bits per heavy atom. The first-order valence-electron chi connectivity index (χ1n) is 31.8. The molecule has 0 spiro atoms. The molecule has 0 unspecified atom stereocenters. The van der Waals surface area contributed by atoms with Crippen LogP contribution in [0.15, 0.2) is 11.6 Å². The van der Waals surface area contributed by atoms with E-state index in [0.717, 1.165) is 82.6 Å². The molecule has 3 saturated heterocycles. The van der Waals surface area contributed by atoms with Crippen molar-refractivity contribution in [2.75, 3.05) is 6.61 Å². The van der Waals surface area contributed by atoms with Crippen molar-refractivity contribution in [1.82, 2.24) is 0 Å². The summed E-state index contributed by atoms with van der Waals surface area (Å²) in [6, 6.07) is 0. The Kier molecular flexibility index (Phi) is 22.7. The molecule has 14 heteroatoms. The van der Waals surface area contributed by atoms with Crippen LogP contribution in [-0.4, -0.2) is 124 Å². The van der Waals surface area contributed by atoms with Gasteiger partial charge in [-0.15, -0.1) is 0 Å². The fourth-order valence-electron chi connectivity index (χ4n) is 16.5. The fraction of sp³-hybridized carbons (Fsp3) is 0.937. The molecular formula is C63H106O14. The van der Waals surface area contributed by atoms with Gasteiger partial charge in [0.15, 0.2) is 25.0 Å². The maximum atomic E-state index is 12.8. The molecule has 77 heavy (non-hydrogen) atoms. The Bertz CT molecular complexity index is 1830. The van der Waals surface area contributed by atoms with E-state index < -0.39 is 79.4 Å². The van der Waals surface area contributed by atoms with Crippen molar-refractivity contribution >= 4 is 11.9 Å². The summed E-state index contributed by atoms with van der Waals surface area (Å²) in [7, 11) is 0. The Labute approximate surface area is 463 Å². The van der Waals surface area contributed by atoms with Crippen molar-refractivity contribution < 1.29 is 67.9 Å². The Morgan fingerprint density at radius 3 is 1.57 bits per heavy atom. The molecule has 0 bridgehead atoms. The SMILES string of the molecule is CCCCCCCCCCCCCCCCCCCCCC(=O)O[C@H]1[C@@H](O)C[C@H](O[C@H]2[C@@H](O)C[C@H](O[C@H]3[C@@H](O)C[C@H](O[C@H]4CC[C@@]5(C)[C@H](CC[C@@H]6[C@@H]5CC[C@]5(C)[C@@H](C7=CC(=O)OC7)CC[C@]65O)C4)O[C@@H]3C)O[C@@H]2C)O[C@@H]1C. The monoisotopic (exact) mass is 1090 g/mol. The average molecular weight is 1090 g/mol.